The number of ether oxygens (including phenoxy) is 2. The Hall–Kier alpha value is -3.58. The molecule has 0 saturated carbocycles. The van der Waals surface area contributed by atoms with E-state index in [0.717, 1.165) is 32.1 Å². The second-order valence-electron chi connectivity index (χ2n) is 10.7. The maximum Gasteiger partial charge on any atom is 0.408 e. The van der Waals surface area contributed by atoms with E-state index in [1.54, 1.807) is 52.0 Å². The van der Waals surface area contributed by atoms with Crippen LogP contribution >= 0.6 is 0 Å². The summed E-state index contributed by atoms with van der Waals surface area (Å²) in [4.78, 5) is 53.1. The Balaban J connectivity index is 3.34. The molecule has 0 fully saturated rings. The molecule has 3 amide bonds. The third-order valence-corrected chi connectivity index (χ3v) is 6.09. The van der Waals surface area contributed by atoms with Crippen LogP contribution < -0.4 is 10.6 Å². The summed E-state index contributed by atoms with van der Waals surface area (Å²) in [5, 5.41) is 15.3. The number of benzene rings is 1. The lowest BCUT2D eigenvalue weighted by Crippen LogP contribution is -2.54. The first-order chi connectivity index (χ1) is 19.5. The van der Waals surface area contributed by atoms with Gasteiger partial charge in [0, 0.05) is 18.7 Å². The van der Waals surface area contributed by atoms with Crippen molar-refractivity contribution in [2.45, 2.75) is 97.2 Å². The summed E-state index contributed by atoms with van der Waals surface area (Å²) >= 11 is 0. The summed E-state index contributed by atoms with van der Waals surface area (Å²) in [5.74, 6) is 0.920. The molecule has 2 unspecified atom stereocenters. The van der Waals surface area contributed by atoms with Crippen molar-refractivity contribution in [3.05, 3.63) is 35.4 Å². The zero-order chi connectivity index (χ0) is 30.8. The van der Waals surface area contributed by atoms with Gasteiger partial charge in [0.15, 0.2) is 0 Å². The lowest BCUT2D eigenvalue weighted by molar-refractivity contribution is -0.144. The molecule has 1 aromatic carbocycles. The Morgan fingerprint density at radius 2 is 1.66 bits per heavy atom. The Morgan fingerprint density at radius 3 is 2.22 bits per heavy atom. The second-order valence-corrected chi connectivity index (χ2v) is 10.7. The van der Waals surface area contributed by atoms with Crippen molar-refractivity contribution in [3.63, 3.8) is 0 Å². The van der Waals surface area contributed by atoms with Gasteiger partial charge in [-0.1, -0.05) is 57.1 Å². The molecule has 1 rings (SSSR count). The first-order valence-electron chi connectivity index (χ1n) is 14.4. The van der Waals surface area contributed by atoms with Crippen LogP contribution in [-0.4, -0.2) is 71.8 Å². The van der Waals surface area contributed by atoms with Crippen molar-refractivity contribution < 1.29 is 33.8 Å². The quantitative estimate of drug-likeness (QED) is 0.146. The van der Waals surface area contributed by atoms with Crippen LogP contribution in [0, 0.1) is 12.3 Å². The van der Waals surface area contributed by atoms with Gasteiger partial charge in [0.25, 0.3) is 0 Å². The minimum absolute atomic E-state index is 0.00917. The maximum absolute atomic E-state index is 13.9. The summed E-state index contributed by atoms with van der Waals surface area (Å²) in [5.41, 5.74) is 0.278. The summed E-state index contributed by atoms with van der Waals surface area (Å²) in [7, 11) is 0. The third kappa shape index (κ3) is 13.6. The number of terminal acetylenes is 1. The Bertz CT molecular complexity index is 1010. The number of aliphatic hydroxyl groups is 1. The molecule has 0 aromatic heterocycles. The number of carbonyl (C=O) groups excluding carboxylic acids is 4. The molecular formula is C31H47N3O7. The van der Waals surface area contributed by atoms with Crippen LogP contribution in [-0.2, 0) is 23.9 Å². The van der Waals surface area contributed by atoms with Crippen LogP contribution in [0.5, 0.6) is 0 Å². The molecule has 0 aliphatic carbocycles. The van der Waals surface area contributed by atoms with Gasteiger partial charge in [0.2, 0.25) is 11.8 Å². The number of nitrogens with one attached hydrogen (secondary N) is 2. The van der Waals surface area contributed by atoms with E-state index in [0.29, 0.717) is 17.5 Å². The summed E-state index contributed by atoms with van der Waals surface area (Å²) < 4.78 is 10.2. The second kappa shape index (κ2) is 18.7. The van der Waals surface area contributed by atoms with Crippen molar-refractivity contribution in [1.29, 1.82) is 0 Å². The molecule has 3 N–H and O–H groups in total. The Morgan fingerprint density at radius 1 is 1.02 bits per heavy atom. The van der Waals surface area contributed by atoms with Crippen LogP contribution in [0.1, 0.15) is 96.7 Å². The first kappa shape index (κ1) is 35.4. The molecular weight excluding hydrogens is 526 g/mol. The van der Waals surface area contributed by atoms with E-state index in [-0.39, 0.29) is 26.1 Å². The van der Waals surface area contributed by atoms with Crippen molar-refractivity contribution in [2.24, 2.45) is 0 Å². The average Bonchev–Trinajstić information content (AvgIpc) is 2.92. The fourth-order valence-corrected chi connectivity index (χ4v) is 4.12. The maximum atomic E-state index is 13.9. The molecule has 0 aliphatic rings. The van der Waals surface area contributed by atoms with E-state index in [2.05, 4.69) is 23.5 Å². The van der Waals surface area contributed by atoms with Crippen LogP contribution in [0.2, 0.25) is 0 Å². The average molecular weight is 574 g/mol. The number of alkyl carbamates (subject to hydrolysis) is 1. The number of amides is 3. The standard InChI is InChI=1S/C31H47N3O7/c1-7-10-11-12-13-14-21-34(29(38)25(22-35)33-30(39)41-31(4,5)6)27(24-17-15-23(8-2)16-18-24)28(37)32-20-19-26(36)40-9-3/h2,15-18,25,27,35H,7,9-14,19-22H2,1,3-6H3,(H,32,37)(H,33,39). The highest BCUT2D eigenvalue weighted by Crippen LogP contribution is 2.24. The highest BCUT2D eigenvalue weighted by molar-refractivity contribution is 5.92. The van der Waals surface area contributed by atoms with Gasteiger partial charge in [-0.25, -0.2) is 4.79 Å². The largest absolute Gasteiger partial charge is 0.466 e. The van der Waals surface area contributed by atoms with E-state index in [1.807, 2.05) is 0 Å². The topological polar surface area (TPSA) is 134 Å². The molecule has 41 heavy (non-hydrogen) atoms. The van der Waals surface area contributed by atoms with Crippen molar-refractivity contribution in [2.75, 3.05) is 26.3 Å². The lowest BCUT2D eigenvalue weighted by atomic mass is 10.0. The minimum Gasteiger partial charge on any atom is -0.466 e. The molecule has 0 aliphatic heterocycles. The van der Waals surface area contributed by atoms with Gasteiger partial charge >= 0.3 is 12.1 Å². The molecule has 228 valence electrons. The predicted octanol–water partition coefficient (Wildman–Crippen LogP) is 3.85. The van der Waals surface area contributed by atoms with Crippen molar-refractivity contribution in [1.82, 2.24) is 15.5 Å². The van der Waals surface area contributed by atoms with E-state index in [1.165, 1.54) is 4.90 Å². The van der Waals surface area contributed by atoms with Gasteiger partial charge in [-0.05, 0) is 51.8 Å². The molecule has 1 aromatic rings. The summed E-state index contributed by atoms with van der Waals surface area (Å²) in [6, 6.07) is 4.23. The fraction of sp³-hybridized carbons (Fsp3) is 0.613. The number of unbranched alkanes of at least 4 members (excludes halogenated alkanes) is 5. The number of nitrogens with zero attached hydrogens (tertiary/aromatic N) is 1. The minimum atomic E-state index is -1.34. The summed E-state index contributed by atoms with van der Waals surface area (Å²) in [6.07, 6.45) is 10.3. The van der Waals surface area contributed by atoms with E-state index in [9.17, 15) is 24.3 Å². The van der Waals surface area contributed by atoms with E-state index >= 15 is 0 Å². The van der Waals surface area contributed by atoms with Crippen LogP contribution in [0.15, 0.2) is 24.3 Å². The molecule has 0 bridgehead atoms. The molecule has 0 radical (unpaired) electrons. The number of aliphatic hydroxyl groups excluding tert-OH is 1. The first-order valence-corrected chi connectivity index (χ1v) is 14.4. The monoisotopic (exact) mass is 573 g/mol. The fourth-order valence-electron chi connectivity index (χ4n) is 4.12. The molecule has 10 heteroatoms. The van der Waals surface area contributed by atoms with E-state index < -0.39 is 48.2 Å². The van der Waals surface area contributed by atoms with Gasteiger partial charge in [-0.2, -0.15) is 0 Å². The highest BCUT2D eigenvalue weighted by Gasteiger charge is 2.36. The SMILES string of the molecule is C#Cc1ccc(C(C(=O)NCCC(=O)OCC)N(CCCCCCCC)C(=O)C(CO)NC(=O)OC(C)(C)C)cc1. The predicted molar refractivity (Wildman–Crippen MR) is 157 cm³/mol. The molecule has 0 saturated heterocycles. The molecule has 2 atom stereocenters. The number of hydrogen-bond acceptors (Lipinski definition) is 7. The normalized spacial score (nSPS) is 12.4. The number of esters is 1. The number of carbonyl (C=O) groups is 4. The van der Waals surface area contributed by atoms with E-state index in [4.69, 9.17) is 15.9 Å². The molecule has 0 spiro atoms. The zero-order valence-corrected chi connectivity index (χ0v) is 25.2. The van der Waals surface area contributed by atoms with Crippen LogP contribution in [0.4, 0.5) is 4.79 Å². The highest BCUT2D eigenvalue weighted by atomic mass is 16.6. The molecule has 0 heterocycles. The van der Waals surface area contributed by atoms with Gasteiger partial charge < -0.3 is 30.1 Å². The van der Waals surface area contributed by atoms with Gasteiger partial charge in [-0.15, -0.1) is 6.42 Å². The van der Waals surface area contributed by atoms with Crippen LogP contribution in [0.3, 0.4) is 0 Å². The summed E-state index contributed by atoms with van der Waals surface area (Å²) in [6.45, 7) is 8.62. The molecule has 10 nitrogen and oxygen atoms in total. The third-order valence-electron chi connectivity index (χ3n) is 6.09. The lowest BCUT2D eigenvalue weighted by Gasteiger charge is -2.34. The van der Waals surface area contributed by atoms with Gasteiger partial charge in [0.1, 0.15) is 17.7 Å². The number of rotatable bonds is 17. The van der Waals surface area contributed by atoms with Crippen molar-refractivity contribution >= 4 is 23.9 Å². The number of hydrogen-bond donors (Lipinski definition) is 3. The van der Waals surface area contributed by atoms with Gasteiger partial charge in [0.05, 0.1) is 19.6 Å². The van der Waals surface area contributed by atoms with Crippen LogP contribution in [0.25, 0.3) is 0 Å². The smallest absolute Gasteiger partial charge is 0.408 e. The Labute approximate surface area is 244 Å². The Kier molecular flexibility index (Phi) is 16.2. The van der Waals surface area contributed by atoms with Gasteiger partial charge in [-0.3, -0.25) is 14.4 Å². The van der Waals surface area contributed by atoms with Crippen molar-refractivity contribution in [3.8, 4) is 12.3 Å². The zero-order valence-electron chi connectivity index (χ0n) is 25.2.